The Balaban J connectivity index is 1.64. The molecule has 0 saturated carbocycles. The van der Waals surface area contributed by atoms with Gasteiger partial charge in [0.25, 0.3) is 0 Å². The molecule has 1 unspecified atom stereocenters. The van der Waals surface area contributed by atoms with Gasteiger partial charge in [-0.05, 0) is 18.9 Å². The van der Waals surface area contributed by atoms with Crippen molar-refractivity contribution in [1.82, 2.24) is 0 Å². The van der Waals surface area contributed by atoms with E-state index in [4.69, 9.17) is 18.9 Å². The average Bonchev–Trinajstić information content (AvgIpc) is 3.08. The van der Waals surface area contributed by atoms with Gasteiger partial charge in [-0.15, -0.1) is 0 Å². The highest BCUT2D eigenvalue weighted by Gasteiger charge is 2.19. The Labute approximate surface area is 111 Å². The van der Waals surface area contributed by atoms with Gasteiger partial charge >= 0.3 is 0 Å². The summed E-state index contributed by atoms with van der Waals surface area (Å²) in [5.74, 6) is 1.75. The summed E-state index contributed by atoms with van der Waals surface area (Å²) < 4.78 is 21.7. The zero-order valence-corrected chi connectivity index (χ0v) is 10.6. The Hall–Kier alpha value is -1.75. The molecule has 19 heavy (non-hydrogen) atoms. The van der Waals surface area contributed by atoms with Crippen LogP contribution in [0.5, 0.6) is 17.2 Å². The molecule has 0 radical (unpaired) electrons. The summed E-state index contributed by atoms with van der Waals surface area (Å²) >= 11 is 0. The molecule has 0 aliphatic carbocycles. The summed E-state index contributed by atoms with van der Waals surface area (Å²) in [6.07, 6.45) is 4.10. The fraction of sp³-hybridized carbons (Fsp3) is 0.500. The fourth-order valence-electron chi connectivity index (χ4n) is 2.33. The highest BCUT2D eigenvalue weighted by molar-refractivity contribution is 5.81. The van der Waals surface area contributed by atoms with E-state index in [2.05, 4.69) is 0 Å². The first kappa shape index (κ1) is 12.3. The molecule has 0 N–H and O–H groups in total. The van der Waals surface area contributed by atoms with Gasteiger partial charge in [0.05, 0.1) is 18.3 Å². The molecule has 5 nitrogen and oxygen atoms in total. The smallest absolute Gasteiger partial charge is 0.231 e. The van der Waals surface area contributed by atoms with Crippen LogP contribution in [0.4, 0.5) is 0 Å². The van der Waals surface area contributed by atoms with Gasteiger partial charge in [0.15, 0.2) is 17.8 Å². The summed E-state index contributed by atoms with van der Waals surface area (Å²) in [6.45, 7) is 1.56. The van der Waals surface area contributed by atoms with Crippen LogP contribution in [0.3, 0.4) is 0 Å². The second-order valence-electron chi connectivity index (χ2n) is 4.63. The Bertz CT molecular complexity index is 465. The summed E-state index contributed by atoms with van der Waals surface area (Å²) in [7, 11) is 0. The first-order valence-electron chi connectivity index (χ1n) is 6.50. The molecule has 102 valence electrons. The number of benzene rings is 1. The van der Waals surface area contributed by atoms with Crippen LogP contribution >= 0.6 is 0 Å². The SMILES string of the molecule is O=Cc1cc2c(cc1OCCC1CCCO1)OCO2. The number of aldehydes is 1. The molecule has 0 spiro atoms. The van der Waals surface area contributed by atoms with Crippen molar-refractivity contribution in [3.8, 4) is 17.2 Å². The van der Waals surface area contributed by atoms with Crippen LogP contribution in [0, 0.1) is 0 Å². The molecule has 1 atom stereocenters. The van der Waals surface area contributed by atoms with E-state index in [1.165, 1.54) is 0 Å². The van der Waals surface area contributed by atoms with Crippen molar-refractivity contribution < 1.29 is 23.7 Å². The minimum absolute atomic E-state index is 0.187. The molecular formula is C14H16O5. The minimum Gasteiger partial charge on any atom is -0.493 e. The topological polar surface area (TPSA) is 54.0 Å². The highest BCUT2D eigenvalue weighted by atomic mass is 16.7. The van der Waals surface area contributed by atoms with Crippen molar-refractivity contribution in [3.63, 3.8) is 0 Å². The molecular weight excluding hydrogens is 248 g/mol. The molecule has 1 fully saturated rings. The first-order chi connectivity index (χ1) is 9.36. The third kappa shape index (κ3) is 2.66. The molecule has 2 aliphatic heterocycles. The quantitative estimate of drug-likeness (QED) is 0.763. The van der Waals surface area contributed by atoms with Crippen molar-refractivity contribution in [2.45, 2.75) is 25.4 Å². The van der Waals surface area contributed by atoms with Gasteiger partial charge in [-0.1, -0.05) is 0 Å². The van der Waals surface area contributed by atoms with Crippen molar-refractivity contribution in [1.29, 1.82) is 0 Å². The van der Waals surface area contributed by atoms with Gasteiger partial charge in [-0.25, -0.2) is 0 Å². The lowest BCUT2D eigenvalue weighted by Crippen LogP contribution is -2.11. The molecule has 1 aromatic carbocycles. The number of carbonyl (C=O) groups excluding carboxylic acids is 1. The number of ether oxygens (including phenoxy) is 4. The van der Waals surface area contributed by atoms with E-state index >= 15 is 0 Å². The minimum atomic E-state index is 0.187. The van der Waals surface area contributed by atoms with Gasteiger partial charge in [-0.2, -0.15) is 0 Å². The lowest BCUT2D eigenvalue weighted by atomic mass is 10.2. The average molecular weight is 264 g/mol. The van der Waals surface area contributed by atoms with Crippen LogP contribution in [-0.2, 0) is 4.74 Å². The van der Waals surface area contributed by atoms with Crippen molar-refractivity contribution in [2.75, 3.05) is 20.0 Å². The summed E-state index contributed by atoms with van der Waals surface area (Å²) in [4.78, 5) is 11.0. The number of rotatable bonds is 5. The normalized spacial score (nSPS) is 20.5. The summed E-state index contributed by atoms with van der Waals surface area (Å²) in [5.41, 5.74) is 0.483. The molecule has 1 aromatic rings. The molecule has 2 heterocycles. The van der Waals surface area contributed by atoms with Gasteiger partial charge in [0.2, 0.25) is 6.79 Å². The van der Waals surface area contributed by atoms with E-state index in [1.807, 2.05) is 0 Å². The monoisotopic (exact) mass is 264 g/mol. The van der Waals surface area contributed by atoms with E-state index in [0.29, 0.717) is 29.4 Å². The van der Waals surface area contributed by atoms with Crippen LogP contribution in [0.1, 0.15) is 29.6 Å². The molecule has 0 bridgehead atoms. The third-order valence-corrected chi connectivity index (χ3v) is 3.35. The van der Waals surface area contributed by atoms with Gasteiger partial charge in [-0.3, -0.25) is 4.79 Å². The number of hydrogen-bond donors (Lipinski definition) is 0. The van der Waals surface area contributed by atoms with Gasteiger partial charge in [0, 0.05) is 19.1 Å². The molecule has 0 aromatic heterocycles. The Morgan fingerprint density at radius 1 is 1.32 bits per heavy atom. The van der Waals surface area contributed by atoms with Crippen molar-refractivity contribution >= 4 is 6.29 Å². The molecule has 3 rings (SSSR count). The predicted octanol–water partition coefficient (Wildman–Crippen LogP) is 2.18. The van der Waals surface area contributed by atoms with E-state index in [1.54, 1.807) is 12.1 Å². The molecule has 5 heteroatoms. The zero-order valence-electron chi connectivity index (χ0n) is 10.6. The van der Waals surface area contributed by atoms with Crippen molar-refractivity contribution in [2.24, 2.45) is 0 Å². The second kappa shape index (κ2) is 5.48. The third-order valence-electron chi connectivity index (χ3n) is 3.35. The van der Waals surface area contributed by atoms with E-state index in [-0.39, 0.29) is 12.9 Å². The number of hydrogen-bond acceptors (Lipinski definition) is 5. The maximum atomic E-state index is 11.0. The van der Waals surface area contributed by atoms with Crippen LogP contribution in [-0.4, -0.2) is 32.4 Å². The van der Waals surface area contributed by atoms with Crippen LogP contribution in [0.25, 0.3) is 0 Å². The fourth-order valence-corrected chi connectivity index (χ4v) is 2.33. The highest BCUT2D eigenvalue weighted by Crippen LogP contribution is 2.37. The number of fused-ring (bicyclic) bond motifs is 1. The lowest BCUT2D eigenvalue weighted by Gasteiger charge is -2.12. The maximum Gasteiger partial charge on any atom is 0.231 e. The van der Waals surface area contributed by atoms with E-state index < -0.39 is 0 Å². The Kier molecular flexibility index (Phi) is 3.55. The Morgan fingerprint density at radius 2 is 2.16 bits per heavy atom. The van der Waals surface area contributed by atoms with E-state index in [9.17, 15) is 4.79 Å². The maximum absolute atomic E-state index is 11.0. The predicted molar refractivity (Wildman–Crippen MR) is 67.0 cm³/mol. The van der Waals surface area contributed by atoms with Crippen LogP contribution < -0.4 is 14.2 Å². The van der Waals surface area contributed by atoms with Gasteiger partial charge in [0.1, 0.15) is 5.75 Å². The Morgan fingerprint density at radius 3 is 2.89 bits per heavy atom. The summed E-state index contributed by atoms with van der Waals surface area (Å²) in [5, 5.41) is 0. The lowest BCUT2D eigenvalue weighted by molar-refractivity contribution is 0.0901. The second-order valence-corrected chi connectivity index (χ2v) is 4.63. The summed E-state index contributed by atoms with van der Waals surface area (Å²) in [6, 6.07) is 3.36. The molecule has 1 saturated heterocycles. The van der Waals surface area contributed by atoms with E-state index in [0.717, 1.165) is 32.2 Å². The van der Waals surface area contributed by atoms with Gasteiger partial charge < -0.3 is 18.9 Å². The standard InChI is InChI=1S/C14H16O5/c15-8-10-6-13-14(19-9-18-13)7-12(10)17-5-3-11-2-1-4-16-11/h6-8,11H,1-5,9H2. The van der Waals surface area contributed by atoms with Crippen LogP contribution in [0.15, 0.2) is 12.1 Å². The van der Waals surface area contributed by atoms with Crippen LogP contribution in [0.2, 0.25) is 0 Å². The molecule has 0 amide bonds. The zero-order chi connectivity index (χ0) is 13.1. The molecule has 2 aliphatic rings. The number of carbonyl (C=O) groups is 1. The van der Waals surface area contributed by atoms with Crippen molar-refractivity contribution in [3.05, 3.63) is 17.7 Å². The first-order valence-corrected chi connectivity index (χ1v) is 6.50. The largest absolute Gasteiger partial charge is 0.493 e.